The summed E-state index contributed by atoms with van der Waals surface area (Å²) in [6.45, 7) is 1.42. The largest absolute Gasteiger partial charge is 0.494 e. The second-order valence-electron chi connectivity index (χ2n) is 5.53. The number of amides is 1. The first-order chi connectivity index (χ1) is 12.6. The molecule has 0 bridgehead atoms. The van der Waals surface area contributed by atoms with Crippen molar-refractivity contribution in [2.45, 2.75) is 13.3 Å². The van der Waals surface area contributed by atoms with Crippen molar-refractivity contribution >= 4 is 17.3 Å². The van der Waals surface area contributed by atoms with Gasteiger partial charge in [-0.25, -0.2) is 0 Å². The molecule has 6 nitrogen and oxygen atoms in total. The van der Waals surface area contributed by atoms with E-state index in [9.17, 15) is 10.1 Å². The molecule has 0 unspecified atom stereocenters. The van der Waals surface area contributed by atoms with E-state index in [0.717, 1.165) is 11.3 Å². The van der Waals surface area contributed by atoms with Crippen molar-refractivity contribution in [3.05, 3.63) is 59.8 Å². The molecule has 0 aliphatic rings. The summed E-state index contributed by atoms with van der Waals surface area (Å²) in [5.74, 6) is 0.727. The van der Waals surface area contributed by atoms with Crippen molar-refractivity contribution < 1.29 is 14.3 Å². The van der Waals surface area contributed by atoms with Gasteiger partial charge in [-0.05, 0) is 29.8 Å². The summed E-state index contributed by atoms with van der Waals surface area (Å²) >= 11 is 0. The zero-order valence-corrected chi connectivity index (χ0v) is 15.0. The van der Waals surface area contributed by atoms with Gasteiger partial charge in [-0.3, -0.25) is 4.79 Å². The zero-order chi connectivity index (χ0) is 18.9. The highest BCUT2D eigenvalue weighted by molar-refractivity contribution is 5.92. The van der Waals surface area contributed by atoms with Gasteiger partial charge in [-0.15, -0.1) is 0 Å². The molecular weight excluding hydrogens is 330 g/mol. The Morgan fingerprint density at radius 2 is 1.77 bits per heavy atom. The van der Waals surface area contributed by atoms with Gasteiger partial charge in [0, 0.05) is 30.8 Å². The number of carbonyl (C=O) groups is 1. The van der Waals surface area contributed by atoms with Crippen molar-refractivity contribution in [2.24, 2.45) is 0 Å². The lowest BCUT2D eigenvalue weighted by molar-refractivity contribution is -0.114. The molecule has 134 valence electrons. The molecule has 2 rings (SSSR count). The quantitative estimate of drug-likeness (QED) is 0.743. The number of rotatable bonds is 7. The molecule has 0 heterocycles. The molecule has 0 saturated carbocycles. The Labute approximate surface area is 153 Å². The molecule has 26 heavy (non-hydrogen) atoms. The summed E-state index contributed by atoms with van der Waals surface area (Å²) in [6.07, 6.45) is 2.07. The first-order valence-electron chi connectivity index (χ1n) is 8.00. The minimum absolute atomic E-state index is 0.223. The Kier molecular flexibility index (Phi) is 6.63. The molecule has 0 atom stereocenters. The second kappa shape index (κ2) is 9.14. The predicted molar refractivity (Wildman–Crippen MR) is 101 cm³/mol. The van der Waals surface area contributed by atoms with Crippen LogP contribution in [0.15, 0.2) is 54.2 Å². The number of nitrogens with one attached hydrogen (secondary N) is 2. The van der Waals surface area contributed by atoms with Gasteiger partial charge in [-0.1, -0.05) is 18.2 Å². The van der Waals surface area contributed by atoms with Crippen LogP contribution in [-0.2, 0) is 11.2 Å². The molecule has 0 spiro atoms. The van der Waals surface area contributed by atoms with Crippen molar-refractivity contribution in [1.29, 1.82) is 5.26 Å². The third-order valence-electron chi connectivity index (χ3n) is 3.59. The Hall–Kier alpha value is -3.46. The van der Waals surface area contributed by atoms with Crippen LogP contribution >= 0.6 is 0 Å². The minimum Gasteiger partial charge on any atom is -0.494 e. The fraction of sp³-hybridized carbons (Fsp3) is 0.200. The number of anilines is 2. The molecule has 2 aromatic rings. The maximum absolute atomic E-state index is 11.4. The standard InChI is InChI=1S/C20H21N3O3/c1-14(24)23-20-18(25-2)10-15(11-19(20)26-3)9-16(12-21)13-22-17-7-5-4-6-8-17/h4-8,10-11,13,22H,9H2,1-3H3,(H,23,24)/b16-13-. The SMILES string of the molecule is COc1cc(C/C(C#N)=C/Nc2ccccc2)cc(OC)c1NC(C)=O. The van der Waals surface area contributed by atoms with E-state index in [2.05, 4.69) is 16.7 Å². The number of carbonyl (C=O) groups excluding carboxylic acids is 1. The summed E-state index contributed by atoms with van der Waals surface area (Å²) in [4.78, 5) is 11.4. The first kappa shape index (κ1) is 18.9. The maximum Gasteiger partial charge on any atom is 0.221 e. The summed E-state index contributed by atoms with van der Waals surface area (Å²) in [5.41, 5.74) is 2.74. The van der Waals surface area contributed by atoms with E-state index in [4.69, 9.17) is 9.47 Å². The normalized spacial score (nSPS) is 10.6. The lowest BCUT2D eigenvalue weighted by Gasteiger charge is -2.15. The van der Waals surface area contributed by atoms with Gasteiger partial charge in [0.05, 0.1) is 20.3 Å². The molecule has 0 fully saturated rings. The average Bonchev–Trinajstić information content (AvgIpc) is 2.66. The topological polar surface area (TPSA) is 83.4 Å². The Balaban J connectivity index is 2.26. The fourth-order valence-electron chi connectivity index (χ4n) is 2.42. The highest BCUT2D eigenvalue weighted by Gasteiger charge is 2.14. The van der Waals surface area contributed by atoms with Crippen LogP contribution in [0.5, 0.6) is 11.5 Å². The predicted octanol–water partition coefficient (Wildman–Crippen LogP) is 3.72. The van der Waals surface area contributed by atoms with E-state index in [-0.39, 0.29) is 5.91 Å². The van der Waals surface area contributed by atoms with Gasteiger partial charge in [-0.2, -0.15) is 5.26 Å². The maximum atomic E-state index is 11.4. The number of para-hydroxylation sites is 1. The molecule has 6 heteroatoms. The third-order valence-corrected chi connectivity index (χ3v) is 3.59. The van der Waals surface area contributed by atoms with Crippen molar-refractivity contribution in [3.8, 4) is 17.6 Å². The molecule has 1 amide bonds. The molecule has 0 radical (unpaired) electrons. The van der Waals surface area contributed by atoms with Gasteiger partial charge >= 0.3 is 0 Å². The van der Waals surface area contributed by atoms with Crippen molar-refractivity contribution in [1.82, 2.24) is 0 Å². The number of hydrogen-bond donors (Lipinski definition) is 2. The summed E-state index contributed by atoms with van der Waals surface area (Å²) in [7, 11) is 3.03. The molecular formula is C20H21N3O3. The van der Waals surface area contributed by atoms with Crippen LogP contribution in [0.2, 0.25) is 0 Å². The Morgan fingerprint density at radius 1 is 1.15 bits per heavy atom. The van der Waals surface area contributed by atoms with Crippen LogP contribution in [0.4, 0.5) is 11.4 Å². The number of allylic oxidation sites excluding steroid dienone is 1. The van der Waals surface area contributed by atoms with E-state index in [1.54, 1.807) is 18.3 Å². The van der Waals surface area contributed by atoms with Gasteiger partial charge < -0.3 is 20.1 Å². The van der Waals surface area contributed by atoms with Crippen LogP contribution in [-0.4, -0.2) is 20.1 Å². The summed E-state index contributed by atoms with van der Waals surface area (Å²) < 4.78 is 10.7. The van der Waals surface area contributed by atoms with E-state index in [0.29, 0.717) is 29.2 Å². The van der Waals surface area contributed by atoms with Crippen LogP contribution in [0.25, 0.3) is 0 Å². The Morgan fingerprint density at radius 3 is 2.27 bits per heavy atom. The Bertz CT molecular complexity index is 814. The van der Waals surface area contributed by atoms with Gasteiger partial charge in [0.2, 0.25) is 5.91 Å². The van der Waals surface area contributed by atoms with Crippen LogP contribution in [0, 0.1) is 11.3 Å². The molecule has 2 aromatic carbocycles. The lowest BCUT2D eigenvalue weighted by atomic mass is 10.0. The second-order valence-corrected chi connectivity index (χ2v) is 5.53. The molecule has 2 N–H and O–H groups in total. The highest BCUT2D eigenvalue weighted by atomic mass is 16.5. The lowest BCUT2D eigenvalue weighted by Crippen LogP contribution is -2.09. The van der Waals surface area contributed by atoms with Crippen LogP contribution in [0.3, 0.4) is 0 Å². The molecule has 0 saturated heterocycles. The van der Waals surface area contributed by atoms with E-state index < -0.39 is 0 Å². The fourth-order valence-corrected chi connectivity index (χ4v) is 2.42. The number of nitriles is 1. The number of ether oxygens (including phenoxy) is 2. The van der Waals surface area contributed by atoms with Crippen molar-refractivity contribution in [2.75, 3.05) is 24.9 Å². The van der Waals surface area contributed by atoms with E-state index >= 15 is 0 Å². The molecule has 0 aliphatic carbocycles. The molecule has 0 aliphatic heterocycles. The smallest absolute Gasteiger partial charge is 0.221 e. The number of methoxy groups -OCH3 is 2. The summed E-state index contributed by atoms with van der Waals surface area (Å²) in [6, 6.07) is 15.3. The van der Waals surface area contributed by atoms with E-state index in [1.165, 1.54) is 21.1 Å². The van der Waals surface area contributed by atoms with E-state index in [1.807, 2.05) is 30.3 Å². The zero-order valence-electron chi connectivity index (χ0n) is 15.0. The number of hydrogen-bond acceptors (Lipinski definition) is 5. The monoisotopic (exact) mass is 351 g/mol. The van der Waals surface area contributed by atoms with Crippen LogP contribution in [0.1, 0.15) is 12.5 Å². The van der Waals surface area contributed by atoms with Crippen molar-refractivity contribution in [3.63, 3.8) is 0 Å². The van der Waals surface area contributed by atoms with Gasteiger partial charge in [0.1, 0.15) is 17.2 Å². The molecule has 0 aromatic heterocycles. The van der Waals surface area contributed by atoms with Crippen LogP contribution < -0.4 is 20.1 Å². The first-order valence-corrected chi connectivity index (χ1v) is 8.00. The number of nitrogens with zero attached hydrogens (tertiary/aromatic N) is 1. The van der Waals surface area contributed by atoms with Gasteiger partial charge in [0.25, 0.3) is 0 Å². The number of benzene rings is 2. The summed E-state index contributed by atoms with van der Waals surface area (Å²) in [5, 5.41) is 15.2. The highest BCUT2D eigenvalue weighted by Crippen LogP contribution is 2.36. The third kappa shape index (κ3) is 5.02. The average molecular weight is 351 g/mol. The minimum atomic E-state index is -0.223. The van der Waals surface area contributed by atoms with Gasteiger partial charge in [0.15, 0.2) is 0 Å².